The molecular weight excluding hydrogens is 308 g/mol. The molecule has 0 atom stereocenters. The van der Waals surface area contributed by atoms with Crippen LogP contribution in [-0.4, -0.2) is 21.3 Å². The van der Waals surface area contributed by atoms with Gasteiger partial charge in [0.05, 0.1) is 10.6 Å². The van der Waals surface area contributed by atoms with Crippen molar-refractivity contribution in [1.82, 2.24) is 10.2 Å². The van der Waals surface area contributed by atoms with Crippen LogP contribution in [0.15, 0.2) is 48.5 Å². The lowest BCUT2D eigenvalue weighted by Gasteiger charge is -2.00. The van der Waals surface area contributed by atoms with Gasteiger partial charge < -0.3 is 5.11 Å². The third-order valence-electron chi connectivity index (χ3n) is 2.92. The molecular formula is C15H9ClN2O2S. The van der Waals surface area contributed by atoms with E-state index in [9.17, 15) is 9.90 Å². The van der Waals surface area contributed by atoms with Gasteiger partial charge in [-0.1, -0.05) is 59.3 Å². The van der Waals surface area contributed by atoms with E-state index in [-0.39, 0.29) is 5.56 Å². The number of carboxylic acid groups (broad SMARTS) is 1. The Labute approximate surface area is 129 Å². The summed E-state index contributed by atoms with van der Waals surface area (Å²) < 4.78 is 0. The number of carbonyl (C=O) groups is 1. The molecule has 0 radical (unpaired) electrons. The van der Waals surface area contributed by atoms with Gasteiger partial charge in [0.2, 0.25) is 0 Å². The van der Waals surface area contributed by atoms with Crippen LogP contribution in [-0.2, 0) is 0 Å². The van der Waals surface area contributed by atoms with E-state index in [0.29, 0.717) is 20.6 Å². The van der Waals surface area contributed by atoms with Gasteiger partial charge in [-0.3, -0.25) is 0 Å². The zero-order valence-corrected chi connectivity index (χ0v) is 12.2. The summed E-state index contributed by atoms with van der Waals surface area (Å²) in [7, 11) is 0. The standard InChI is InChI=1S/C15H9ClN2O2S/c16-12-8-4-3-7-11(12)14-18-17-13(21-14)9-5-1-2-6-10(9)15(19)20/h1-8H,(H,19,20). The van der Waals surface area contributed by atoms with Crippen LogP contribution in [0, 0.1) is 0 Å². The number of rotatable bonds is 3. The molecule has 1 aromatic heterocycles. The Morgan fingerprint density at radius 2 is 1.52 bits per heavy atom. The second-order valence-electron chi connectivity index (χ2n) is 4.24. The topological polar surface area (TPSA) is 63.1 Å². The number of nitrogens with zero attached hydrogens (tertiary/aromatic N) is 2. The monoisotopic (exact) mass is 316 g/mol. The van der Waals surface area contributed by atoms with Crippen LogP contribution in [0.5, 0.6) is 0 Å². The Bertz CT molecular complexity index is 817. The molecule has 4 nitrogen and oxygen atoms in total. The first-order chi connectivity index (χ1) is 10.2. The van der Waals surface area contributed by atoms with Crippen molar-refractivity contribution in [2.75, 3.05) is 0 Å². The van der Waals surface area contributed by atoms with Crippen LogP contribution in [0.25, 0.3) is 21.1 Å². The maximum atomic E-state index is 11.3. The van der Waals surface area contributed by atoms with Crippen LogP contribution >= 0.6 is 22.9 Å². The number of hydrogen-bond acceptors (Lipinski definition) is 4. The lowest BCUT2D eigenvalue weighted by atomic mass is 10.1. The molecule has 3 rings (SSSR count). The van der Waals surface area contributed by atoms with Crippen molar-refractivity contribution in [3.05, 3.63) is 59.1 Å². The van der Waals surface area contributed by atoms with E-state index in [1.165, 1.54) is 11.3 Å². The van der Waals surface area contributed by atoms with Crippen molar-refractivity contribution in [2.24, 2.45) is 0 Å². The maximum Gasteiger partial charge on any atom is 0.336 e. The van der Waals surface area contributed by atoms with Crippen molar-refractivity contribution in [2.45, 2.75) is 0 Å². The molecule has 1 N–H and O–H groups in total. The van der Waals surface area contributed by atoms with E-state index < -0.39 is 5.97 Å². The van der Waals surface area contributed by atoms with E-state index >= 15 is 0 Å². The fourth-order valence-corrected chi connectivity index (χ4v) is 3.14. The minimum Gasteiger partial charge on any atom is -0.478 e. The molecule has 2 aromatic carbocycles. The minimum absolute atomic E-state index is 0.208. The van der Waals surface area contributed by atoms with Gasteiger partial charge in [-0.25, -0.2) is 4.79 Å². The van der Waals surface area contributed by atoms with Crippen molar-refractivity contribution in [3.63, 3.8) is 0 Å². The number of aromatic carboxylic acids is 1. The highest BCUT2D eigenvalue weighted by Crippen LogP contribution is 2.34. The largest absolute Gasteiger partial charge is 0.478 e. The van der Waals surface area contributed by atoms with Gasteiger partial charge in [0, 0.05) is 11.1 Å². The van der Waals surface area contributed by atoms with Gasteiger partial charge in [-0.05, 0) is 12.1 Å². The van der Waals surface area contributed by atoms with Crippen molar-refractivity contribution in [1.29, 1.82) is 0 Å². The van der Waals surface area contributed by atoms with Crippen LogP contribution in [0.1, 0.15) is 10.4 Å². The number of halogens is 1. The molecule has 0 aliphatic rings. The molecule has 0 bridgehead atoms. The van der Waals surface area contributed by atoms with Crippen LogP contribution in [0.2, 0.25) is 5.02 Å². The fraction of sp³-hybridized carbons (Fsp3) is 0. The number of benzene rings is 2. The average Bonchev–Trinajstić information content (AvgIpc) is 2.97. The number of carboxylic acids is 1. The summed E-state index contributed by atoms with van der Waals surface area (Å²) in [6.45, 7) is 0. The van der Waals surface area contributed by atoms with Gasteiger partial charge in [-0.15, -0.1) is 10.2 Å². The Hall–Kier alpha value is -2.24. The first kappa shape index (κ1) is 13.7. The average molecular weight is 317 g/mol. The molecule has 0 saturated heterocycles. The van der Waals surface area contributed by atoms with Gasteiger partial charge in [0.25, 0.3) is 0 Å². The Balaban J connectivity index is 2.08. The second kappa shape index (κ2) is 5.63. The van der Waals surface area contributed by atoms with Crippen molar-refractivity contribution >= 4 is 28.9 Å². The third kappa shape index (κ3) is 2.66. The highest BCUT2D eigenvalue weighted by atomic mass is 35.5. The van der Waals surface area contributed by atoms with Crippen molar-refractivity contribution in [3.8, 4) is 21.1 Å². The Kier molecular flexibility index (Phi) is 3.68. The molecule has 0 unspecified atom stereocenters. The molecule has 0 aliphatic carbocycles. The molecule has 0 spiro atoms. The lowest BCUT2D eigenvalue weighted by molar-refractivity contribution is 0.0697. The molecule has 6 heteroatoms. The Morgan fingerprint density at radius 1 is 0.952 bits per heavy atom. The summed E-state index contributed by atoms with van der Waals surface area (Å²) in [5.74, 6) is -0.986. The highest BCUT2D eigenvalue weighted by molar-refractivity contribution is 7.18. The van der Waals surface area contributed by atoms with Gasteiger partial charge in [-0.2, -0.15) is 0 Å². The molecule has 1 heterocycles. The highest BCUT2D eigenvalue weighted by Gasteiger charge is 2.16. The van der Waals surface area contributed by atoms with Gasteiger partial charge in [0.15, 0.2) is 0 Å². The quantitative estimate of drug-likeness (QED) is 0.785. The molecule has 0 aliphatic heterocycles. The van der Waals surface area contributed by atoms with Gasteiger partial charge in [0.1, 0.15) is 10.0 Å². The summed E-state index contributed by atoms with van der Waals surface area (Å²) in [5, 5.41) is 19.2. The maximum absolute atomic E-state index is 11.3. The SMILES string of the molecule is O=C(O)c1ccccc1-c1nnc(-c2ccccc2Cl)s1. The molecule has 0 amide bonds. The fourth-order valence-electron chi connectivity index (χ4n) is 1.93. The van der Waals surface area contributed by atoms with Crippen LogP contribution in [0.3, 0.4) is 0 Å². The molecule has 21 heavy (non-hydrogen) atoms. The summed E-state index contributed by atoms with van der Waals surface area (Å²) in [6, 6.07) is 14.1. The lowest BCUT2D eigenvalue weighted by Crippen LogP contribution is -1.98. The normalized spacial score (nSPS) is 10.5. The first-order valence-corrected chi connectivity index (χ1v) is 7.27. The van der Waals surface area contributed by atoms with E-state index in [2.05, 4.69) is 10.2 Å². The van der Waals surface area contributed by atoms with Crippen LogP contribution < -0.4 is 0 Å². The van der Waals surface area contributed by atoms with E-state index in [1.54, 1.807) is 30.3 Å². The molecule has 0 saturated carbocycles. The zero-order chi connectivity index (χ0) is 14.8. The van der Waals surface area contributed by atoms with E-state index in [1.807, 2.05) is 18.2 Å². The first-order valence-electron chi connectivity index (χ1n) is 6.08. The van der Waals surface area contributed by atoms with E-state index in [4.69, 9.17) is 11.6 Å². The minimum atomic E-state index is -0.986. The summed E-state index contributed by atoms with van der Waals surface area (Å²) >= 11 is 7.46. The van der Waals surface area contributed by atoms with Crippen LogP contribution in [0.4, 0.5) is 0 Å². The van der Waals surface area contributed by atoms with Crippen molar-refractivity contribution < 1.29 is 9.90 Å². The second-order valence-corrected chi connectivity index (χ2v) is 5.63. The smallest absolute Gasteiger partial charge is 0.336 e. The molecule has 3 aromatic rings. The van der Waals surface area contributed by atoms with E-state index in [0.717, 1.165) is 5.56 Å². The predicted molar refractivity (Wildman–Crippen MR) is 82.8 cm³/mol. The Morgan fingerprint density at radius 3 is 2.19 bits per heavy atom. The summed E-state index contributed by atoms with van der Waals surface area (Å²) in [5.41, 5.74) is 1.55. The predicted octanol–water partition coefficient (Wildman–Crippen LogP) is 4.22. The molecule has 0 fully saturated rings. The zero-order valence-electron chi connectivity index (χ0n) is 10.7. The molecule has 104 valence electrons. The number of aromatic nitrogens is 2. The summed E-state index contributed by atoms with van der Waals surface area (Å²) in [4.78, 5) is 11.3. The number of hydrogen-bond donors (Lipinski definition) is 1. The summed E-state index contributed by atoms with van der Waals surface area (Å²) in [6.07, 6.45) is 0. The van der Waals surface area contributed by atoms with Gasteiger partial charge >= 0.3 is 5.97 Å². The third-order valence-corrected chi connectivity index (χ3v) is 4.24.